The number of ether oxygens (including phenoxy) is 1. The van der Waals surface area contributed by atoms with Crippen LogP contribution in [0.2, 0.25) is 0 Å². The Labute approximate surface area is 125 Å². The van der Waals surface area contributed by atoms with Crippen LogP contribution in [0.25, 0.3) is 0 Å². The van der Waals surface area contributed by atoms with E-state index < -0.39 is 10.8 Å². The highest BCUT2D eigenvalue weighted by atomic mass is 32.2. The molecule has 3 unspecified atom stereocenters. The molecule has 0 aromatic heterocycles. The summed E-state index contributed by atoms with van der Waals surface area (Å²) in [6.07, 6.45) is 3.37. The second-order valence-electron chi connectivity index (χ2n) is 5.04. The second-order valence-corrected chi connectivity index (χ2v) is 6.95. The van der Waals surface area contributed by atoms with Crippen LogP contribution < -0.4 is 10.1 Å². The quantitative estimate of drug-likeness (QED) is 0.711. The van der Waals surface area contributed by atoms with E-state index in [-0.39, 0.29) is 11.3 Å². The van der Waals surface area contributed by atoms with Crippen molar-refractivity contribution in [1.82, 2.24) is 5.32 Å². The minimum atomic E-state index is -0.798. The average molecular weight is 297 g/mol. The molecule has 0 aliphatic carbocycles. The molecule has 0 saturated carbocycles. The Morgan fingerprint density at radius 1 is 1.25 bits per heavy atom. The molecule has 0 aliphatic rings. The highest BCUT2D eigenvalue weighted by molar-refractivity contribution is 7.85. The van der Waals surface area contributed by atoms with Gasteiger partial charge in [-0.1, -0.05) is 31.9 Å². The number of hydrogen-bond acceptors (Lipinski definition) is 3. The highest BCUT2D eigenvalue weighted by Crippen LogP contribution is 2.23. The van der Waals surface area contributed by atoms with Gasteiger partial charge in [0.15, 0.2) is 0 Å². The first-order valence-electron chi connectivity index (χ1n) is 7.32. The van der Waals surface area contributed by atoms with Crippen molar-refractivity contribution in [3.8, 4) is 5.75 Å². The Kier molecular flexibility index (Phi) is 7.85. The molecule has 0 spiro atoms. The predicted molar refractivity (Wildman–Crippen MR) is 86.8 cm³/mol. The molecular formula is C16H27NO2S. The Balaban J connectivity index is 2.70. The van der Waals surface area contributed by atoms with Gasteiger partial charge in [-0.05, 0) is 38.1 Å². The van der Waals surface area contributed by atoms with Gasteiger partial charge in [-0.15, -0.1) is 0 Å². The Morgan fingerprint density at radius 3 is 2.40 bits per heavy atom. The maximum atomic E-state index is 12.4. The number of unbranched alkanes of at least 4 members (excludes halogenated alkanes) is 2. The molecule has 4 heteroatoms. The smallest absolute Gasteiger partial charge is 0.118 e. The monoisotopic (exact) mass is 297 g/mol. The van der Waals surface area contributed by atoms with E-state index in [0.717, 1.165) is 29.9 Å². The fourth-order valence-electron chi connectivity index (χ4n) is 2.32. The summed E-state index contributed by atoms with van der Waals surface area (Å²) >= 11 is 0. The first kappa shape index (κ1) is 17.2. The molecule has 0 heterocycles. The lowest BCUT2D eigenvalue weighted by atomic mass is 10.0. The maximum Gasteiger partial charge on any atom is 0.118 e. The van der Waals surface area contributed by atoms with Gasteiger partial charge >= 0.3 is 0 Å². The average Bonchev–Trinajstić information content (AvgIpc) is 2.48. The van der Waals surface area contributed by atoms with E-state index in [1.165, 1.54) is 6.42 Å². The molecule has 1 aromatic rings. The number of rotatable bonds is 9. The molecule has 0 bridgehead atoms. The third kappa shape index (κ3) is 4.91. The zero-order chi connectivity index (χ0) is 15.0. The summed E-state index contributed by atoms with van der Waals surface area (Å²) in [6.45, 7) is 4.23. The minimum absolute atomic E-state index is 0.102. The van der Waals surface area contributed by atoms with E-state index >= 15 is 0 Å². The number of benzene rings is 1. The van der Waals surface area contributed by atoms with Crippen molar-refractivity contribution in [2.45, 2.75) is 44.4 Å². The fourth-order valence-corrected chi connectivity index (χ4v) is 3.77. The van der Waals surface area contributed by atoms with Crippen molar-refractivity contribution in [3.05, 3.63) is 29.8 Å². The van der Waals surface area contributed by atoms with E-state index in [1.807, 2.05) is 31.3 Å². The third-order valence-corrected chi connectivity index (χ3v) is 5.41. The summed E-state index contributed by atoms with van der Waals surface area (Å²) in [5, 5.41) is 3.40. The zero-order valence-electron chi connectivity index (χ0n) is 13.0. The molecule has 114 valence electrons. The van der Waals surface area contributed by atoms with Crippen molar-refractivity contribution in [2.24, 2.45) is 0 Å². The first-order chi connectivity index (χ1) is 9.63. The van der Waals surface area contributed by atoms with Gasteiger partial charge in [0.25, 0.3) is 0 Å². The molecule has 0 radical (unpaired) electrons. The fraction of sp³-hybridized carbons (Fsp3) is 0.625. The first-order valence-corrected chi connectivity index (χ1v) is 8.70. The summed E-state index contributed by atoms with van der Waals surface area (Å²) in [6, 6.07) is 8.10. The summed E-state index contributed by atoms with van der Waals surface area (Å²) in [5.74, 6) is 1.64. The summed E-state index contributed by atoms with van der Waals surface area (Å²) in [7, 11) is 2.79. The minimum Gasteiger partial charge on any atom is -0.497 e. The Morgan fingerprint density at radius 2 is 1.90 bits per heavy atom. The molecule has 0 saturated heterocycles. The molecule has 0 amide bonds. The van der Waals surface area contributed by atoms with Crippen LogP contribution in [0.15, 0.2) is 24.3 Å². The normalized spacial score (nSPS) is 15.6. The van der Waals surface area contributed by atoms with Crippen molar-refractivity contribution in [3.63, 3.8) is 0 Å². The molecule has 1 N–H and O–H groups in total. The number of hydrogen-bond donors (Lipinski definition) is 1. The molecule has 20 heavy (non-hydrogen) atoms. The maximum absolute atomic E-state index is 12.4. The molecule has 3 atom stereocenters. The predicted octanol–water partition coefficient (Wildman–Crippen LogP) is 3.28. The van der Waals surface area contributed by atoms with Crippen molar-refractivity contribution in [1.29, 1.82) is 0 Å². The van der Waals surface area contributed by atoms with Crippen molar-refractivity contribution >= 4 is 10.8 Å². The van der Waals surface area contributed by atoms with E-state index in [2.05, 4.69) is 19.2 Å². The van der Waals surface area contributed by atoms with Crippen LogP contribution in [0.5, 0.6) is 5.75 Å². The van der Waals surface area contributed by atoms with Crippen LogP contribution in [0.1, 0.15) is 44.7 Å². The van der Waals surface area contributed by atoms with Crippen molar-refractivity contribution in [2.75, 3.05) is 19.9 Å². The van der Waals surface area contributed by atoms with E-state index in [9.17, 15) is 4.21 Å². The van der Waals surface area contributed by atoms with Crippen molar-refractivity contribution < 1.29 is 8.95 Å². The van der Waals surface area contributed by atoms with Gasteiger partial charge in [-0.3, -0.25) is 4.21 Å². The highest BCUT2D eigenvalue weighted by Gasteiger charge is 2.22. The third-order valence-electron chi connectivity index (χ3n) is 3.62. The lowest BCUT2D eigenvalue weighted by molar-refractivity contribution is 0.414. The lowest BCUT2D eigenvalue weighted by Crippen LogP contribution is -2.31. The summed E-state index contributed by atoms with van der Waals surface area (Å²) in [5.41, 5.74) is 1.16. The second kappa shape index (κ2) is 9.14. The zero-order valence-corrected chi connectivity index (χ0v) is 13.8. The van der Waals surface area contributed by atoms with E-state index in [0.29, 0.717) is 0 Å². The Bertz CT molecular complexity index is 405. The van der Waals surface area contributed by atoms with E-state index in [4.69, 9.17) is 4.74 Å². The van der Waals surface area contributed by atoms with Gasteiger partial charge in [-0.2, -0.15) is 0 Å². The number of methoxy groups -OCH3 is 1. The van der Waals surface area contributed by atoms with Crippen LogP contribution in [-0.4, -0.2) is 29.4 Å². The topological polar surface area (TPSA) is 38.3 Å². The standard InChI is InChI=1S/C16H27NO2S/c1-5-6-7-12-20(18)13(2)16(17-3)14-8-10-15(19-4)11-9-14/h8-11,13,16-17H,5-7,12H2,1-4H3. The van der Waals surface area contributed by atoms with Crippen LogP contribution >= 0.6 is 0 Å². The van der Waals surface area contributed by atoms with Crippen LogP contribution in [-0.2, 0) is 10.8 Å². The van der Waals surface area contributed by atoms with Crippen LogP contribution in [0.4, 0.5) is 0 Å². The van der Waals surface area contributed by atoms with Gasteiger partial charge < -0.3 is 10.1 Å². The van der Waals surface area contributed by atoms with Crippen LogP contribution in [0.3, 0.4) is 0 Å². The number of nitrogens with one attached hydrogen (secondary N) is 1. The molecule has 3 nitrogen and oxygen atoms in total. The van der Waals surface area contributed by atoms with Gasteiger partial charge in [0.2, 0.25) is 0 Å². The molecular weight excluding hydrogens is 270 g/mol. The van der Waals surface area contributed by atoms with Gasteiger partial charge in [0.05, 0.1) is 12.4 Å². The van der Waals surface area contributed by atoms with Crippen LogP contribution in [0, 0.1) is 0 Å². The largest absolute Gasteiger partial charge is 0.497 e. The lowest BCUT2D eigenvalue weighted by Gasteiger charge is -2.23. The van der Waals surface area contributed by atoms with E-state index in [1.54, 1.807) is 7.11 Å². The van der Waals surface area contributed by atoms with Gasteiger partial charge in [0, 0.05) is 22.6 Å². The SMILES string of the molecule is CCCCCS(=O)C(C)C(NC)c1ccc(OC)cc1. The van der Waals surface area contributed by atoms with Gasteiger partial charge in [-0.25, -0.2) is 0 Å². The molecule has 0 aliphatic heterocycles. The summed E-state index contributed by atoms with van der Waals surface area (Å²) in [4.78, 5) is 0. The van der Waals surface area contributed by atoms with Gasteiger partial charge in [0.1, 0.15) is 5.75 Å². The molecule has 1 aromatic carbocycles. The summed E-state index contributed by atoms with van der Waals surface area (Å²) < 4.78 is 17.5. The Hall–Kier alpha value is -0.870. The molecule has 0 fully saturated rings. The molecule has 1 rings (SSSR count).